The average Bonchev–Trinajstić information content (AvgIpc) is 2.66. The molecule has 0 unspecified atom stereocenters. The Labute approximate surface area is 170 Å². The zero-order valence-corrected chi connectivity index (χ0v) is 18.9. The van der Waals surface area contributed by atoms with Gasteiger partial charge in [-0.15, -0.1) is 0 Å². The van der Waals surface area contributed by atoms with Gasteiger partial charge in [-0.2, -0.15) is 0 Å². The fourth-order valence-corrected chi connectivity index (χ4v) is 5.34. The van der Waals surface area contributed by atoms with Crippen molar-refractivity contribution >= 4 is 0 Å². The van der Waals surface area contributed by atoms with Crippen molar-refractivity contribution in [1.82, 2.24) is 4.90 Å². The van der Waals surface area contributed by atoms with Crippen LogP contribution in [0.1, 0.15) is 117 Å². The lowest BCUT2D eigenvalue weighted by atomic mass is 9.61. The SMILES string of the molecule is CCCCCCC(CCCCCC)CN1CCC2(CC1)CC(OCCC)C2. The van der Waals surface area contributed by atoms with Crippen LogP contribution in [0.15, 0.2) is 0 Å². The third kappa shape index (κ3) is 8.44. The summed E-state index contributed by atoms with van der Waals surface area (Å²) in [5.74, 6) is 0.954. The third-order valence-electron chi connectivity index (χ3n) is 7.24. The van der Waals surface area contributed by atoms with Crippen LogP contribution >= 0.6 is 0 Å². The fraction of sp³-hybridized carbons (Fsp3) is 1.00. The summed E-state index contributed by atoms with van der Waals surface area (Å²) in [5, 5.41) is 0. The van der Waals surface area contributed by atoms with E-state index in [4.69, 9.17) is 4.74 Å². The van der Waals surface area contributed by atoms with Crippen molar-refractivity contribution in [2.45, 2.75) is 123 Å². The van der Waals surface area contributed by atoms with Gasteiger partial charge in [0.2, 0.25) is 0 Å². The number of hydrogen-bond acceptors (Lipinski definition) is 2. The molecule has 1 heterocycles. The second kappa shape index (κ2) is 13.2. The Hall–Kier alpha value is -0.0800. The van der Waals surface area contributed by atoms with E-state index in [0.29, 0.717) is 11.5 Å². The Kier molecular flexibility index (Phi) is 11.3. The Balaban J connectivity index is 1.66. The van der Waals surface area contributed by atoms with Gasteiger partial charge in [-0.3, -0.25) is 0 Å². The van der Waals surface area contributed by atoms with Crippen LogP contribution in [0.25, 0.3) is 0 Å². The second-order valence-electron chi connectivity index (χ2n) is 9.77. The lowest BCUT2D eigenvalue weighted by molar-refractivity contribution is -0.105. The number of rotatable bonds is 15. The quantitative estimate of drug-likeness (QED) is 0.279. The van der Waals surface area contributed by atoms with Crippen molar-refractivity contribution in [3.8, 4) is 0 Å². The third-order valence-corrected chi connectivity index (χ3v) is 7.24. The highest BCUT2D eigenvalue weighted by atomic mass is 16.5. The van der Waals surface area contributed by atoms with Gasteiger partial charge in [0.05, 0.1) is 6.10 Å². The van der Waals surface area contributed by atoms with Gasteiger partial charge >= 0.3 is 0 Å². The minimum Gasteiger partial charge on any atom is -0.378 e. The molecule has 2 heteroatoms. The van der Waals surface area contributed by atoms with E-state index in [9.17, 15) is 0 Å². The maximum atomic E-state index is 5.96. The predicted molar refractivity (Wildman–Crippen MR) is 118 cm³/mol. The van der Waals surface area contributed by atoms with Gasteiger partial charge in [0.1, 0.15) is 0 Å². The molecule has 1 spiro atoms. The summed E-state index contributed by atoms with van der Waals surface area (Å²) in [4.78, 5) is 2.82. The molecule has 160 valence electrons. The van der Waals surface area contributed by atoms with E-state index < -0.39 is 0 Å². The molecule has 0 aromatic carbocycles. The summed E-state index contributed by atoms with van der Waals surface area (Å²) < 4.78 is 5.96. The number of piperidine rings is 1. The van der Waals surface area contributed by atoms with E-state index in [2.05, 4.69) is 25.7 Å². The van der Waals surface area contributed by atoms with Crippen LogP contribution in [0, 0.1) is 11.3 Å². The summed E-state index contributed by atoms with van der Waals surface area (Å²) in [5.41, 5.74) is 0.659. The minimum atomic E-state index is 0.585. The molecule has 2 nitrogen and oxygen atoms in total. The maximum Gasteiger partial charge on any atom is 0.0585 e. The van der Waals surface area contributed by atoms with E-state index in [-0.39, 0.29) is 0 Å². The highest BCUT2D eigenvalue weighted by molar-refractivity contribution is 4.98. The monoisotopic (exact) mass is 379 g/mol. The molecule has 27 heavy (non-hydrogen) atoms. The molecular weight excluding hydrogens is 330 g/mol. The van der Waals surface area contributed by atoms with E-state index >= 15 is 0 Å². The standard InChI is InChI=1S/C25H49NO/c1-4-7-9-11-13-23(14-12-10-8-5-2)22-26-17-15-25(16-18-26)20-24(21-25)27-19-6-3/h23-24H,4-22H2,1-3H3. The first-order valence-electron chi connectivity index (χ1n) is 12.5. The Morgan fingerprint density at radius 1 is 0.815 bits per heavy atom. The molecule has 1 aliphatic heterocycles. The molecule has 1 saturated carbocycles. The van der Waals surface area contributed by atoms with Crippen molar-refractivity contribution in [3.05, 3.63) is 0 Å². The van der Waals surface area contributed by atoms with Gasteiger partial charge in [-0.1, -0.05) is 72.1 Å². The highest BCUT2D eigenvalue weighted by Crippen LogP contribution is 2.50. The summed E-state index contributed by atoms with van der Waals surface area (Å²) >= 11 is 0. The van der Waals surface area contributed by atoms with E-state index in [1.54, 1.807) is 0 Å². The fourth-order valence-electron chi connectivity index (χ4n) is 5.34. The van der Waals surface area contributed by atoms with Crippen LogP contribution < -0.4 is 0 Å². The van der Waals surface area contributed by atoms with Gasteiger partial charge in [0.15, 0.2) is 0 Å². The van der Waals surface area contributed by atoms with Crippen LogP contribution in [-0.2, 0) is 4.74 Å². The molecule has 0 amide bonds. The highest BCUT2D eigenvalue weighted by Gasteiger charge is 2.46. The van der Waals surface area contributed by atoms with Crippen LogP contribution in [-0.4, -0.2) is 37.2 Å². The van der Waals surface area contributed by atoms with E-state index in [1.165, 1.54) is 110 Å². The van der Waals surface area contributed by atoms with Crippen molar-refractivity contribution < 1.29 is 4.74 Å². The van der Waals surface area contributed by atoms with Crippen molar-refractivity contribution in [3.63, 3.8) is 0 Å². The Morgan fingerprint density at radius 2 is 1.41 bits per heavy atom. The molecule has 2 rings (SSSR count). The zero-order chi connectivity index (χ0) is 19.4. The average molecular weight is 380 g/mol. The first kappa shape index (κ1) is 23.2. The minimum absolute atomic E-state index is 0.585. The molecule has 0 aromatic rings. The summed E-state index contributed by atoms with van der Waals surface area (Å²) in [6.07, 6.45) is 21.6. The van der Waals surface area contributed by atoms with Gasteiger partial charge < -0.3 is 9.64 Å². The summed E-state index contributed by atoms with van der Waals surface area (Å²) in [7, 11) is 0. The van der Waals surface area contributed by atoms with E-state index in [1.807, 2.05) is 0 Å². The van der Waals surface area contributed by atoms with Crippen LogP contribution in [0.4, 0.5) is 0 Å². The topological polar surface area (TPSA) is 12.5 Å². The number of unbranched alkanes of at least 4 members (excludes halogenated alkanes) is 6. The molecule has 0 atom stereocenters. The number of nitrogens with zero attached hydrogens (tertiary/aromatic N) is 1. The predicted octanol–water partition coefficient (Wildman–Crippen LogP) is 7.21. The van der Waals surface area contributed by atoms with Crippen LogP contribution in [0.3, 0.4) is 0 Å². The molecule has 0 bridgehead atoms. The molecule has 0 aromatic heterocycles. The summed E-state index contributed by atoms with van der Waals surface area (Å²) in [6, 6.07) is 0. The number of likely N-dealkylation sites (tertiary alicyclic amines) is 1. The zero-order valence-electron chi connectivity index (χ0n) is 18.9. The Morgan fingerprint density at radius 3 is 1.93 bits per heavy atom. The molecule has 0 radical (unpaired) electrons. The molecule has 2 aliphatic rings. The first-order chi connectivity index (χ1) is 13.2. The van der Waals surface area contributed by atoms with Gasteiger partial charge in [0.25, 0.3) is 0 Å². The number of ether oxygens (including phenoxy) is 1. The van der Waals surface area contributed by atoms with Crippen molar-refractivity contribution in [2.24, 2.45) is 11.3 Å². The molecule has 2 fully saturated rings. The lowest BCUT2D eigenvalue weighted by Crippen LogP contribution is -2.50. The van der Waals surface area contributed by atoms with Gasteiger partial charge in [-0.05, 0) is 69.4 Å². The summed E-state index contributed by atoms with van der Waals surface area (Å²) in [6.45, 7) is 11.9. The lowest BCUT2D eigenvalue weighted by Gasteiger charge is -2.52. The molecule has 1 saturated heterocycles. The first-order valence-corrected chi connectivity index (χ1v) is 12.5. The van der Waals surface area contributed by atoms with Gasteiger partial charge in [0, 0.05) is 13.2 Å². The van der Waals surface area contributed by atoms with Gasteiger partial charge in [-0.25, -0.2) is 0 Å². The Bertz CT molecular complexity index is 341. The molecule has 1 aliphatic carbocycles. The largest absolute Gasteiger partial charge is 0.378 e. The maximum absolute atomic E-state index is 5.96. The number of hydrogen-bond donors (Lipinski definition) is 0. The van der Waals surface area contributed by atoms with Crippen LogP contribution in [0.5, 0.6) is 0 Å². The van der Waals surface area contributed by atoms with E-state index in [0.717, 1.165) is 18.9 Å². The van der Waals surface area contributed by atoms with Crippen LogP contribution in [0.2, 0.25) is 0 Å². The van der Waals surface area contributed by atoms with Crippen molar-refractivity contribution in [2.75, 3.05) is 26.2 Å². The molecular formula is C25H49NO. The normalized spacial score (nSPS) is 20.4. The smallest absolute Gasteiger partial charge is 0.0585 e. The van der Waals surface area contributed by atoms with Crippen molar-refractivity contribution in [1.29, 1.82) is 0 Å². The second-order valence-corrected chi connectivity index (χ2v) is 9.77. The molecule has 0 N–H and O–H groups in total.